The van der Waals surface area contributed by atoms with Gasteiger partial charge in [0.1, 0.15) is 0 Å². The van der Waals surface area contributed by atoms with Crippen LogP contribution < -0.4 is 5.73 Å². The number of nitrogens with two attached hydrogens (primary N) is 1. The van der Waals surface area contributed by atoms with Crippen LogP contribution in [-0.2, 0) is 0 Å². The molecule has 0 bridgehead atoms. The van der Waals surface area contributed by atoms with Crippen molar-refractivity contribution >= 4 is 5.82 Å². The third-order valence-corrected chi connectivity index (χ3v) is 2.52. The van der Waals surface area contributed by atoms with Crippen molar-refractivity contribution in [2.45, 2.75) is 31.6 Å². The van der Waals surface area contributed by atoms with Crippen LogP contribution in [0.15, 0.2) is 0 Å². The molecule has 0 radical (unpaired) electrons. The van der Waals surface area contributed by atoms with Crippen molar-refractivity contribution in [3.63, 3.8) is 0 Å². The molecule has 1 fully saturated rings. The summed E-state index contributed by atoms with van der Waals surface area (Å²) in [6, 6.07) is 0. The molecule has 0 aromatic carbocycles. The Labute approximate surface area is 70.2 Å². The summed E-state index contributed by atoms with van der Waals surface area (Å²) in [7, 11) is 0. The first-order chi connectivity index (χ1) is 5.79. The van der Waals surface area contributed by atoms with Gasteiger partial charge in [-0.15, -0.1) is 0 Å². The number of nitrogen functional groups attached to an aromatic ring is 1. The molecule has 2 rings (SSSR count). The van der Waals surface area contributed by atoms with Crippen molar-refractivity contribution in [1.29, 1.82) is 0 Å². The van der Waals surface area contributed by atoms with Gasteiger partial charge in [-0.25, -0.2) is 4.39 Å². The first kappa shape index (κ1) is 7.58. The predicted molar refractivity (Wildman–Crippen MR) is 44.2 cm³/mol. The molecule has 66 valence electrons. The molecule has 1 saturated carbocycles. The zero-order valence-electron chi connectivity index (χ0n) is 6.81. The molecule has 0 spiro atoms. The van der Waals surface area contributed by atoms with E-state index in [9.17, 15) is 4.39 Å². The Hall–Kier alpha value is -1.06. The molecule has 1 aliphatic carbocycles. The van der Waals surface area contributed by atoms with Crippen LogP contribution >= 0.6 is 0 Å². The molecule has 1 heterocycles. The van der Waals surface area contributed by atoms with Gasteiger partial charge < -0.3 is 5.73 Å². The van der Waals surface area contributed by atoms with E-state index in [2.05, 4.69) is 10.2 Å². The van der Waals surface area contributed by atoms with Crippen molar-refractivity contribution in [2.24, 2.45) is 0 Å². The fourth-order valence-corrected chi connectivity index (χ4v) is 1.84. The molecule has 0 unspecified atom stereocenters. The zero-order valence-corrected chi connectivity index (χ0v) is 6.81. The number of rotatable bonds is 1. The summed E-state index contributed by atoms with van der Waals surface area (Å²) < 4.78 is 13.2. The maximum atomic E-state index is 13.2. The summed E-state index contributed by atoms with van der Waals surface area (Å²) in [5.41, 5.74) is 5.89. The number of H-pyrrole nitrogens is 1. The first-order valence-corrected chi connectivity index (χ1v) is 4.28. The SMILES string of the molecule is Nc1n[nH]c(C2CCCC2)c1F. The minimum Gasteiger partial charge on any atom is -0.380 e. The third-order valence-electron chi connectivity index (χ3n) is 2.52. The quantitative estimate of drug-likeness (QED) is 0.673. The Morgan fingerprint density at radius 1 is 1.42 bits per heavy atom. The molecule has 3 N–H and O–H groups in total. The van der Waals surface area contributed by atoms with Crippen LogP contribution in [0.1, 0.15) is 37.3 Å². The second-order valence-corrected chi connectivity index (χ2v) is 3.32. The number of nitrogens with one attached hydrogen (secondary N) is 1. The van der Waals surface area contributed by atoms with Gasteiger partial charge in [-0.3, -0.25) is 5.10 Å². The minimum atomic E-state index is -0.345. The number of hydrogen-bond acceptors (Lipinski definition) is 2. The molecule has 0 aliphatic heterocycles. The maximum absolute atomic E-state index is 13.2. The fourth-order valence-electron chi connectivity index (χ4n) is 1.84. The van der Waals surface area contributed by atoms with Gasteiger partial charge in [-0.2, -0.15) is 5.10 Å². The van der Waals surface area contributed by atoms with Gasteiger partial charge in [0.2, 0.25) is 0 Å². The highest BCUT2D eigenvalue weighted by Crippen LogP contribution is 2.34. The lowest BCUT2D eigenvalue weighted by atomic mass is 10.0. The van der Waals surface area contributed by atoms with Crippen LogP contribution in [0.25, 0.3) is 0 Å². The van der Waals surface area contributed by atoms with Crippen LogP contribution in [0.5, 0.6) is 0 Å². The molecular weight excluding hydrogens is 157 g/mol. The third kappa shape index (κ3) is 1.07. The Morgan fingerprint density at radius 3 is 2.58 bits per heavy atom. The van der Waals surface area contributed by atoms with Crippen LogP contribution in [0, 0.1) is 5.82 Å². The molecule has 1 aromatic rings. The van der Waals surface area contributed by atoms with E-state index < -0.39 is 0 Å². The molecule has 3 nitrogen and oxygen atoms in total. The van der Waals surface area contributed by atoms with Crippen molar-refractivity contribution in [3.05, 3.63) is 11.5 Å². The predicted octanol–water partition coefficient (Wildman–Crippen LogP) is 1.79. The van der Waals surface area contributed by atoms with E-state index in [0.29, 0.717) is 11.6 Å². The highest BCUT2D eigenvalue weighted by Gasteiger charge is 2.23. The van der Waals surface area contributed by atoms with E-state index in [0.717, 1.165) is 12.8 Å². The molecule has 4 heteroatoms. The standard InChI is InChI=1S/C8H12FN3/c9-6-7(11-12-8(6)10)5-3-1-2-4-5/h5H,1-4H2,(H3,10,11,12). The van der Waals surface area contributed by atoms with Gasteiger partial charge in [-0.1, -0.05) is 12.8 Å². The number of anilines is 1. The highest BCUT2D eigenvalue weighted by atomic mass is 19.1. The summed E-state index contributed by atoms with van der Waals surface area (Å²) in [6.45, 7) is 0. The molecule has 1 aliphatic rings. The summed E-state index contributed by atoms with van der Waals surface area (Å²) in [4.78, 5) is 0. The monoisotopic (exact) mass is 169 g/mol. The van der Waals surface area contributed by atoms with Gasteiger partial charge in [-0.05, 0) is 12.8 Å². The first-order valence-electron chi connectivity index (χ1n) is 4.28. The van der Waals surface area contributed by atoms with Crippen LogP contribution in [0.2, 0.25) is 0 Å². The molecule has 0 saturated heterocycles. The number of hydrogen-bond donors (Lipinski definition) is 2. The van der Waals surface area contributed by atoms with Crippen molar-refractivity contribution in [2.75, 3.05) is 5.73 Å². The molecule has 0 amide bonds. The topological polar surface area (TPSA) is 54.7 Å². The number of aromatic nitrogens is 2. The van der Waals surface area contributed by atoms with Gasteiger partial charge in [0.25, 0.3) is 0 Å². The summed E-state index contributed by atoms with van der Waals surface area (Å²) in [5, 5.41) is 6.30. The second kappa shape index (κ2) is 2.77. The summed E-state index contributed by atoms with van der Waals surface area (Å²) >= 11 is 0. The van der Waals surface area contributed by atoms with Gasteiger partial charge in [0, 0.05) is 5.92 Å². The average Bonchev–Trinajstić information content (AvgIpc) is 2.64. The van der Waals surface area contributed by atoms with E-state index in [1.807, 2.05) is 0 Å². The van der Waals surface area contributed by atoms with Gasteiger partial charge in [0.05, 0.1) is 5.69 Å². The van der Waals surface area contributed by atoms with Crippen LogP contribution in [0.3, 0.4) is 0 Å². The molecule has 0 atom stereocenters. The lowest BCUT2D eigenvalue weighted by Crippen LogP contribution is -1.96. The van der Waals surface area contributed by atoms with Crippen molar-refractivity contribution < 1.29 is 4.39 Å². The van der Waals surface area contributed by atoms with E-state index >= 15 is 0 Å². The highest BCUT2D eigenvalue weighted by molar-refractivity contribution is 5.33. The summed E-state index contributed by atoms with van der Waals surface area (Å²) in [5.74, 6) is -0.0337. The minimum absolute atomic E-state index is 0.00287. The van der Waals surface area contributed by atoms with Crippen LogP contribution in [-0.4, -0.2) is 10.2 Å². The van der Waals surface area contributed by atoms with Crippen LogP contribution in [0.4, 0.5) is 10.2 Å². The Balaban J connectivity index is 2.26. The van der Waals surface area contributed by atoms with Gasteiger partial charge >= 0.3 is 0 Å². The smallest absolute Gasteiger partial charge is 0.188 e. The summed E-state index contributed by atoms with van der Waals surface area (Å²) in [6.07, 6.45) is 4.48. The number of aromatic amines is 1. The second-order valence-electron chi connectivity index (χ2n) is 3.32. The Bertz CT molecular complexity index is 276. The van der Waals surface area contributed by atoms with Crippen molar-refractivity contribution in [1.82, 2.24) is 10.2 Å². The normalized spacial score (nSPS) is 18.8. The lowest BCUT2D eigenvalue weighted by molar-refractivity contribution is 0.578. The van der Waals surface area contributed by atoms with Gasteiger partial charge in [0.15, 0.2) is 11.6 Å². The van der Waals surface area contributed by atoms with E-state index in [-0.39, 0.29) is 11.6 Å². The zero-order chi connectivity index (χ0) is 8.55. The number of nitrogens with zero attached hydrogens (tertiary/aromatic N) is 1. The Morgan fingerprint density at radius 2 is 2.08 bits per heavy atom. The Kier molecular flexibility index (Phi) is 1.75. The molecule has 12 heavy (non-hydrogen) atoms. The fraction of sp³-hybridized carbons (Fsp3) is 0.625. The lowest BCUT2D eigenvalue weighted by Gasteiger charge is -2.04. The van der Waals surface area contributed by atoms with E-state index in [1.165, 1.54) is 12.8 Å². The number of halogens is 1. The largest absolute Gasteiger partial charge is 0.380 e. The van der Waals surface area contributed by atoms with Crippen molar-refractivity contribution in [3.8, 4) is 0 Å². The average molecular weight is 169 g/mol. The van der Waals surface area contributed by atoms with E-state index in [1.54, 1.807) is 0 Å². The maximum Gasteiger partial charge on any atom is 0.188 e. The molecular formula is C8H12FN3. The van der Waals surface area contributed by atoms with E-state index in [4.69, 9.17) is 5.73 Å². The molecule has 1 aromatic heterocycles.